The van der Waals surface area contributed by atoms with Gasteiger partial charge in [-0.05, 0) is 64.8 Å². The van der Waals surface area contributed by atoms with E-state index in [4.69, 9.17) is 4.74 Å². The molecule has 0 aliphatic rings. The zero-order valence-corrected chi connectivity index (χ0v) is 13.5. The molecule has 0 atom stereocenters. The first kappa shape index (κ1) is 15.3. The van der Waals surface area contributed by atoms with Crippen LogP contribution in [0.2, 0.25) is 0 Å². The Labute approximate surface area is 125 Å². The predicted molar refractivity (Wildman–Crippen MR) is 84.9 cm³/mol. The largest absolute Gasteiger partial charge is 0.488 e. The molecule has 0 amide bonds. The smallest absolute Gasteiger partial charge is 0.267 e. The number of hydrogen-bond donors (Lipinski definition) is 1. The topological polar surface area (TPSA) is 55.0 Å². The van der Waals surface area contributed by atoms with Gasteiger partial charge in [0.2, 0.25) is 0 Å². The van der Waals surface area contributed by atoms with Crippen molar-refractivity contribution in [3.8, 4) is 16.9 Å². The second-order valence-electron chi connectivity index (χ2n) is 6.33. The number of nitrogens with zero attached hydrogens (tertiary/aromatic N) is 1. The fourth-order valence-corrected chi connectivity index (χ4v) is 2.39. The summed E-state index contributed by atoms with van der Waals surface area (Å²) in [5.74, 6) is 0.830. The molecule has 0 saturated carbocycles. The number of ether oxygens (including phenoxy) is 1. The van der Waals surface area contributed by atoms with Crippen LogP contribution in [-0.4, -0.2) is 15.8 Å². The van der Waals surface area contributed by atoms with Crippen molar-refractivity contribution in [2.45, 2.75) is 47.1 Å². The highest BCUT2D eigenvalue weighted by atomic mass is 16.5. The van der Waals surface area contributed by atoms with Crippen molar-refractivity contribution in [3.05, 3.63) is 45.4 Å². The second kappa shape index (κ2) is 5.35. The SMILES string of the molecule is Cc1cc(OC(C)(C)C)ccc1-c1c(C)n[nH]c(=O)c1C. The van der Waals surface area contributed by atoms with Crippen molar-refractivity contribution in [3.63, 3.8) is 0 Å². The molecule has 2 aromatic rings. The molecule has 0 aliphatic carbocycles. The van der Waals surface area contributed by atoms with E-state index in [1.807, 2.05) is 59.7 Å². The monoisotopic (exact) mass is 286 g/mol. The Morgan fingerprint density at radius 3 is 2.38 bits per heavy atom. The number of hydrogen-bond acceptors (Lipinski definition) is 3. The molecule has 4 nitrogen and oxygen atoms in total. The Balaban J connectivity index is 2.53. The highest BCUT2D eigenvalue weighted by Crippen LogP contribution is 2.30. The van der Waals surface area contributed by atoms with Crippen LogP contribution in [0.5, 0.6) is 5.75 Å². The summed E-state index contributed by atoms with van der Waals surface area (Å²) in [6, 6.07) is 5.93. The van der Waals surface area contributed by atoms with Crippen LogP contribution in [0, 0.1) is 20.8 Å². The Bertz CT molecular complexity index is 725. The van der Waals surface area contributed by atoms with Crippen LogP contribution < -0.4 is 10.3 Å². The highest BCUT2D eigenvalue weighted by molar-refractivity contribution is 5.72. The van der Waals surface area contributed by atoms with Gasteiger partial charge in [0.1, 0.15) is 11.4 Å². The van der Waals surface area contributed by atoms with E-state index in [0.29, 0.717) is 5.56 Å². The van der Waals surface area contributed by atoms with Crippen molar-refractivity contribution < 1.29 is 4.74 Å². The van der Waals surface area contributed by atoms with Crippen LogP contribution in [0.25, 0.3) is 11.1 Å². The van der Waals surface area contributed by atoms with Gasteiger partial charge in [0.05, 0.1) is 5.69 Å². The van der Waals surface area contributed by atoms with E-state index in [-0.39, 0.29) is 11.2 Å². The van der Waals surface area contributed by atoms with E-state index < -0.39 is 0 Å². The number of aromatic amines is 1. The van der Waals surface area contributed by atoms with E-state index >= 15 is 0 Å². The van der Waals surface area contributed by atoms with Gasteiger partial charge in [-0.15, -0.1) is 0 Å². The van der Waals surface area contributed by atoms with Crippen molar-refractivity contribution in [1.82, 2.24) is 10.2 Å². The number of rotatable bonds is 2. The third-order valence-corrected chi connectivity index (χ3v) is 3.29. The standard InChI is InChI=1S/C17H22N2O2/c1-10-9-13(21-17(4,5)6)7-8-14(10)15-11(2)16(20)19-18-12(15)3/h7-9H,1-6H3,(H,19,20). The molecular formula is C17H22N2O2. The summed E-state index contributed by atoms with van der Waals surface area (Å²) in [6.45, 7) is 11.8. The summed E-state index contributed by atoms with van der Waals surface area (Å²) in [7, 11) is 0. The summed E-state index contributed by atoms with van der Waals surface area (Å²) in [6.07, 6.45) is 0. The quantitative estimate of drug-likeness (QED) is 0.918. The van der Waals surface area contributed by atoms with Crippen LogP contribution in [0.4, 0.5) is 0 Å². The lowest BCUT2D eigenvalue weighted by atomic mass is 9.96. The number of H-pyrrole nitrogens is 1. The molecule has 1 heterocycles. The normalized spacial score (nSPS) is 11.5. The molecule has 2 rings (SSSR count). The van der Waals surface area contributed by atoms with Gasteiger partial charge in [-0.3, -0.25) is 4.79 Å². The molecule has 4 heteroatoms. The molecule has 1 N–H and O–H groups in total. The molecule has 1 aromatic carbocycles. The van der Waals surface area contributed by atoms with Gasteiger partial charge in [-0.25, -0.2) is 5.10 Å². The van der Waals surface area contributed by atoms with Gasteiger partial charge in [0.25, 0.3) is 5.56 Å². The molecule has 0 saturated heterocycles. The van der Waals surface area contributed by atoms with Crippen LogP contribution in [0.3, 0.4) is 0 Å². The Morgan fingerprint density at radius 1 is 1.14 bits per heavy atom. The van der Waals surface area contributed by atoms with E-state index in [1.165, 1.54) is 0 Å². The summed E-state index contributed by atoms with van der Waals surface area (Å²) < 4.78 is 5.87. The van der Waals surface area contributed by atoms with Gasteiger partial charge in [0, 0.05) is 11.1 Å². The summed E-state index contributed by atoms with van der Waals surface area (Å²) in [5, 5.41) is 6.58. The van der Waals surface area contributed by atoms with Crippen LogP contribution in [0.15, 0.2) is 23.0 Å². The Morgan fingerprint density at radius 2 is 1.81 bits per heavy atom. The zero-order valence-electron chi connectivity index (χ0n) is 13.5. The highest BCUT2D eigenvalue weighted by Gasteiger charge is 2.15. The fraction of sp³-hybridized carbons (Fsp3) is 0.412. The van der Waals surface area contributed by atoms with Crippen molar-refractivity contribution in [2.24, 2.45) is 0 Å². The number of aromatic nitrogens is 2. The average Bonchev–Trinajstić information content (AvgIpc) is 2.35. The lowest BCUT2D eigenvalue weighted by Crippen LogP contribution is -2.23. The molecule has 0 bridgehead atoms. The summed E-state index contributed by atoms with van der Waals surface area (Å²) in [5.41, 5.74) is 4.11. The number of nitrogens with one attached hydrogen (secondary N) is 1. The van der Waals surface area contributed by atoms with Gasteiger partial charge in [-0.2, -0.15) is 5.10 Å². The molecule has 21 heavy (non-hydrogen) atoms. The van der Waals surface area contributed by atoms with E-state index in [1.54, 1.807) is 0 Å². The minimum absolute atomic E-state index is 0.148. The van der Waals surface area contributed by atoms with E-state index in [9.17, 15) is 4.79 Å². The molecule has 0 aliphatic heterocycles. The minimum atomic E-state index is -0.231. The molecule has 0 unspecified atom stereocenters. The predicted octanol–water partition coefficient (Wildman–Crippen LogP) is 3.54. The fourth-order valence-electron chi connectivity index (χ4n) is 2.39. The molecule has 112 valence electrons. The van der Waals surface area contributed by atoms with Crippen LogP contribution >= 0.6 is 0 Å². The molecular weight excluding hydrogens is 264 g/mol. The average molecular weight is 286 g/mol. The van der Waals surface area contributed by atoms with Crippen molar-refractivity contribution in [2.75, 3.05) is 0 Å². The maximum Gasteiger partial charge on any atom is 0.267 e. The first-order valence-electron chi connectivity index (χ1n) is 7.05. The summed E-state index contributed by atoms with van der Waals surface area (Å²) >= 11 is 0. The first-order chi connectivity index (χ1) is 9.69. The lowest BCUT2D eigenvalue weighted by Gasteiger charge is -2.22. The van der Waals surface area contributed by atoms with Gasteiger partial charge in [0.15, 0.2) is 0 Å². The second-order valence-corrected chi connectivity index (χ2v) is 6.33. The third-order valence-electron chi connectivity index (χ3n) is 3.29. The molecule has 0 spiro atoms. The first-order valence-corrected chi connectivity index (χ1v) is 7.05. The molecule has 0 radical (unpaired) electrons. The Kier molecular flexibility index (Phi) is 3.90. The van der Waals surface area contributed by atoms with Crippen LogP contribution in [-0.2, 0) is 0 Å². The van der Waals surface area contributed by atoms with Crippen molar-refractivity contribution >= 4 is 0 Å². The van der Waals surface area contributed by atoms with E-state index in [0.717, 1.165) is 28.1 Å². The Hall–Kier alpha value is -2.10. The number of aryl methyl sites for hydroxylation is 2. The summed E-state index contributed by atoms with van der Waals surface area (Å²) in [4.78, 5) is 11.8. The molecule has 1 aromatic heterocycles. The third kappa shape index (κ3) is 3.32. The van der Waals surface area contributed by atoms with E-state index in [2.05, 4.69) is 10.2 Å². The number of benzene rings is 1. The lowest BCUT2D eigenvalue weighted by molar-refractivity contribution is 0.131. The maximum absolute atomic E-state index is 11.8. The van der Waals surface area contributed by atoms with Gasteiger partial charge < -0.3 is 4.74 Å². The van der Waals surface area contributed by atoms with Gasteiger partial charge >= 0.3 is 0 Å². The van der Waals surface area contributed by atoms with Gasteiger partial charge in [-0.1, -0.05) is 6.07 Å². The molecule has 0 fully saturated rings. The zero-order chi connectivity index (χ0) is 15.8. The minimum Gasteiger partial charge on any atom is -0.488 e. The van der Waals surface area contributed by atoms with Crippen LogP contribution in [0.1, 0.15) is 37.6 Å². The maximum atomic E-state index is 11.8. The van der Waals surface area contributed by atoms with Crippen molar-refractivity contribution in [1.29, 1.82) is 0 Å².